The third kappa shape index (κ3) is 5.60. The van der Waals surface area contributed by atoms with Gasteiger partial charge >= 0.3 is 18.1 Å². The van der Waals surface area contributed by atoms with Gasteiger partial charge < -0.3 is 24.3 Å². The fraction of sp³-hybridized carbons (Fsp3) is 0.593. The highest BCUT2D eigenvalue weighted by Gasteiger charge is 2.43. The predicted molar refractivity (Wildman–Crippen MR) is 132 cm³/mol. The van der Waals surface area contributed by atoms with E-state index in [4.69, 9.17) is 18.9 Å². The summed E-state index contributed by atoms with van der Waals surface area (Å²) in [6.45, 7) is 2.19. The molecule has 0 saturated heterocycles. The van der Waals surface area contributed by atoms with Crippen molar-refractivity contribution in [1.29, 1.82) is 0 Å². The molecule has 2 saturated carbocycles. The molecule has 1 atom stereocenters. The van der Waals surface area contributed by atoms with Gasteiger partial charge in [0.15, 0.2) is 11.5 Å². The van der Waals surface area contributed by atoms with Gasteiger partial charge in [-0.15, -0.1) is 0 Å². The van der Waals surface area contributed by atoms with Crippen LogP contribution in [0, 0.1) is 11.8 Å². The van der Waals surface area contributed by atoms with Crippen LogP contribution < -0.4 is 14.8 Å². The van der Waals surface area contributed by atoms with Gasteiger partial charge in [-0.2, -0.15) is 0 Å². The molecule has 2 aliphatic carbocycles. The number of carbonyl (C=O) groups excluding carboxylic acids is 3. The Kier molecular flexibility index (Phi) is 8.38. The summed E-state index contributed by atoms with van der Waals surface area (Å²) >= 11 is 0. The number of allylic oxidation sites excluding steroid dienone is 1. The summed E-state index contributed by atoms with van der Waals surface area (Å²) in [5, 5.41) is 2.66. The number of carbonyl (C=O) groups is 3. The van der Waals surface area contributed by atoms with Crippen LogP contribution in [0.5, 0.6) is 11.5 Å². The number of methoxy groups -OCH3 is 2. The van der Waals surface area contributed by atoms with E-state index in [0.717, 1.165) is 56.3 Å². The summed E-state index contributed by atoms with van der Waals surface area (Å²) in [4.78, 5) is 40.8. The van der Waals surface area contributed by atoms with Gasteiger partial charge in [-0.1, -0.05) is 31.7 Å². The third-order valence-electron chi connectivity index (χ3n) is 7.43. The lowest BCUT2D eigenvalue weighted by Crippen LogP contribution is -2.51. The summed E-state index contributed by atoms with van der Waals surface area (Å²) in [6.07, 6.45) is 7.74. The number of hydrogen-bond donors (Lipinski definition) is 1. The molecule has 3 amide bonds. The number of ether oxygens (including phenoxy) is 4. The Morgan fingerprint density at radius 1 is 0.917 bits per heavy atom. The van der Waals surface area contributed by atoms with Crippen LogP contribution >= 0.6 is 0 Å². The van der Waals surface area contributed by atoms with E-state index in [1.807, 2.05) is 0 Å². The number of nitrogens with zero attached hydrogens (tertiary/aromatic N) is 1. The van der Waals surface area contributed by atoms with E-state index in [1.165, 1.54) is 14.2 Å². The van der Waals surface area contributed by atoms with E-state index >= 15 is 0 Å². The Labute approximate surface area is 212 Å². The zero-order valence-corrected chi connectivity index (χ0v) is 21.3. The normalized spacial score (nSPS) is 20.9. The first-order chi connectivity index (χ1) is 17.4. The second-order valence-corrected chi connectivity index (χ2v) is 9.83. The monoisotopic (exact) mass is 500 g/mol. The second kappa shape index (κ2) is 11.7. The van der Waals surface area contributed by atoms with E-state index in [2.05, 4.69) is 5.32 Å². The summed E-state index contributed by atoms with van der Waals surface area (Å²) in [5.74, 6) is 0.960. The lowest BCUT2D eigenvalue weighted by Gasteiger charge is -2.36. The molecule has 1 N–H and O–H groups in total. The first-order valence-corrected chi connectivity index (χ1v) is 12.8. The van der Waals surface area contributed by atoms with Crippen LogP contribution in [0.3, 0.4) is 0 Å². The zero-order chi connectivity index (χ0) is 25.7. The van der Waals surface area contributed by atoms with Crippen molar-refractivity contribution in [3.8, 4) is 11.5 Å². The van der Waals surface area contributed by atoms with Gasteiger partial charge in [0, 0.05) is 5.70 Å². The molecule has 0 spiro atoms. The van der Waals surface area contributed by atoms with E-state index < -0.39 is 24.1 Å². The first kappa shape index (κ1) is 25.9. The van der Waals surface area contributed by atoms with Crippen molar-refractivity contribution in [2.45, 2.75) is 64.3 Å². The summed E-state index contributed by atoms with van der Waals surface area (Å²) in [5.41, 5.74) is 1.04. The molecule has 9 nitrogen and oxygen atoms in total. The molecule has 1 heterocycles. The van der Waals surface area contributed by atoms with Gasteiger partial charge in [-0.3, -0.25) is 0 Å². The molecule has 2 fully saturated rings. The molecule has 0 aromatic heterocycles. The molecular weight excluding hydrogens is 464 g/mol. The lowest BCUT2D eigenvalue weighted by atomic mass is 9.93. The highest BCUT2D eigenvalue weighted by atomic mass is 16.6. The minimum absolute atomic E-state index is 0.192. The minimum atomic E-state index is -1.04. The van der Waals surface area contributed by atoms with E-state index in [1.54, 1.807) is 25.1 Å². The summed E-state index contributed by atoms with van der Waals surface area (Å²) in [7, 11) is 3.02. The van der Waals surface area contributed by atoms with Crippen LogP contribution in [0.15, 0.2) is 29.5 Å². The smallest absolute Gasteiger partial charge is 0.418 e. The quantitative estimate of drug-likeness (QED) is 0.495. The Hall–Kier alpha value is -3.23. The molecule has 36 heavy (non-hydrogen) atoms. The Bertz CT molecular complexity index is 1010. The van der Waals surface area contributed by atoms with E-state index in [-0.39, 0.29) is 18.1 Å². The van der Waals surface area contributed by atoms with Gasteiger partial charge in [0.1, 0.15) is 6.04 Å². The number of hydrogen-bond acceptors (Lipinski definition) is 7. The van der Waals surface area contributed by atoms with Crippen molar-refractivity contribution in [3.05, 3.63) is 35.0 Å². The van der Waals surface area contributed by atoms with Crippen molar-refractivity contribution < 1.29 is 33.3 Å². The molecule has 0 bridgehead atoms. The Morgan fingerprint density at radius 3 is 2.08 bits per heavy atom. The highest BCUT2D eigenvalue weighted by Crippen LogP contribution is 2.39. The van der Waals surface area contributed by atoms with Crippen molar-refractivity contribution in [2.75, 3.05) is 27.4 Å². The number of benzene rings is 1. The van der Waals surface area contributed by atoms with Crippen LogP contribution in [0.1, 0.15) is 69.9 Å². The molecule has 4 rings (SSSR count). The SMILES string of the molecule is COc1ccc(C2C(C(=O)OCC3CCCC3)=C(C)NC(=O)N2C(=O)OCC2CCCC2)cc1OC. The largest absolute Gasteiger partial charge is 0.493 e. The Balaban J connectivity index is 1.66. The van der Waals surface area contributed by atoms with Gasteiger partial charge in [0.2, 0.25) is 0 Å². The number of amides is 3. The van der Waals surface area contributed by atoms with Crippen LogP contribution in [-0.4, -0.2) is 50.4 Å². The molecule has 1 aromatic rings. The summed E-state index contributed by atoms with van der Waals surface area (Å²) in [6, 6.07) is 3.36. The second-order valence-electron chi connectivity index (χ2n) is 9.83. The molecule has 1 aliphatic heterocycles. The molecule has 3 aliphatic rings. The average Bonchev–Trinajstić information content (AvgIpc) is 3.59. The molecule has 0 radical (unpaired) electrons. The maximum atomic E-state index is 13.4. The number of esters is 1. The number of urea groups is 1. The molecule has 196 valence electrons. The zero-order valence-electron chi connectivity index (χ0n) is 21.3. The fourth-order valence-corrected chi connectivity index (χ4v) is 5.42. The lowest BCUT2D eigenvalue weighted by molar-refractivity contribution is -0.141. The Morgan fingerprint density at radius 2 is 1.50 bits per heavy atom. The van der Waals surface area contributed by atoms with Crippen molar-refractivity contribution in [3.63, 3.8) is 0 Å². The van der Waals surface area contributed by atoms with Crippen LogP contribution in [0.4, 0.5) is 9.59 Å². The van der Waals surface area contributed by atoms with Gasteiger partial charge in [-0.25, -0.2) is 19.3 Å². The topological polar surface area (TPSA) is 103 Å². The average molecular weight is 501 g/mol. The van der Waals surface area contributed by atoms with Crippen molar-refractivity contribution in [2.24, 2.45) is 11.8 Å². The van der Waals surface area contributed by atoms with Gasteiger partial charge in [0.05, 0.1) is 33.0 Å². The third-order valence-corrected chi connectivity index (χ3v) is 7.43. The van der Waals surface area contributed by atoms with Crippen LogP contribution in [0.25, 0.3) is 0 Å². The summed E-state index contributed by atoms with van der Waals surface area (Å²) < 4.78 is 22.1. The molecule has 1 unspecified atom stereocenters. The van der Waals surface area contributed by atoms with Crippen molar-refractivity contribution >= 4 is 18.1 Å². The molecular formula is C27H36N2O7. The number of nitrogens with one attached hydrogen (secondary N) is 1. The fourth-order valence-electron chi connectivity index (χ4n) is 5.42. The predicted octanol–water partition coefficient (Wildman–Crippen LogP) is 5.10. The van der Waals surface area contributed by atoms with Gasteiger partial charge in [-0.05, 0) is 62.1 Å². The number of rotatable bonds is 8. The van der Waals surface area contributed by atoms with Gasteiger partial charge in [0.25, 0.3) is 0 Å². The van der Waals surface area contributed by atoms with Crippen molar-refractivity contribution in [1.82, 2.24) is 10.2 Å². The van der Waals surface area contributed by atoms with Crippen LogP contribution in [-0.2, 0) is 14.3 Å². The maximum absolute atomic E-state index is 13.4. The minimum Gasteiger partial charge on any atom is -0.493 e. The van der Waals surface area contributed by atoms with E-state index in [9.17, 15) is 14.4 Å². The van der Waals surface area contributed by atoms with E-state index in [0.29, 0.717) is 35.3 Å². The maximum Gasteiger partial charge on any atom is 0.418 e. The number of imide groups is 1. The first-order valence-electron chi connectivity index (χ1n) is 12.8. The highest BCUT2D eigenvalue weighted by molar-refractivity contribution is 6.00. The van der Waals surface area contributed by atoms with Crippen LogP contribution in [0.2, 0.25) is 0 Å². The molecule has 9 heteroatoms. The molecule has 1 aromatic carbocycles. The standard InChI is InChI=1S/C27H36N2O7/c1-17-23(25(30)35-15-18-8-4-5-9-18)24(20-12-13-21(33-2)22(14-20)34-3)29(26(31)28-17)27(32)36-16-19-10-6-7-11-19/h12-14,18-19,24H,4-11,15-16H2,1-3H3,(H,28,31).